The van der Waals surface area contributed by atoms with Gasteiger partial charge in [-0.3, -0.25) is 9.48 Å². The van der Waals surface area contributed by atoms with Crippen LogP contribution in [0, 0.1) is 12.8 Å². The Balaban J connectivity index is 2.15. The van der Waals surface area contributed by atoms with Gasteiger partial charge >= 0.3 is 0 Å². The summed E-state index contributed by atoms with van der Waals surface area (Å²) >= 11 is 0. The quantitative estimate of drug-likeness (QED) is 0.749. The second-order valence-electron chi connectivity index (χ2n) is 4.64. The van der Waals surface area contributed by atoms with Gasteiger partial charge < -0.3 is 0 Å². The second-order valence-corrected chi connectivity index (χ2v) is 4.64. The molecule has 0 aliphatic carbocycles. The summed E-state index contributed by atoms with van der Waals surface area (Å²) in [6.45, 7) is 4.65. The summed E-state index contributed by atoms with van der Waals surface area (Å²) in [5.41, 5.74) is 3.80. The number of benzene rings is 1. The van der Waals surface area contributed by atoms with Crippen LogP contribution < -0.4 is 0 Å². The van der Waals surface area contributed by atoms with Gasteiger partial charge in [0.25, 0.3) is 0 Å². The fraction of sp³-hybridized carbons (Fsp3) is 0.286. The molecule has 86 valence electrons. The Morgan fingerprint density at radius 2 is 2.00 bits per heavy atom. The lowest BCUT2D eigenvalue weighted by atomic mass is 10.0. The standard InChI is InChI=1S/C14H14N2O/c1-9-8-16-13(14(9)17)10(2)12(15-16)11-6-4-3-5-7-11/h3-7,9H,8H2,1-2H3. The van der Waals surface area contributed by atoms with E-state index in [1.807, 2.05) is 48.9 Å². The molecule has 0 fully saturated rings. The topological polar surface area (TPSA) is 34.9 Å². The van der Waals surface area contributed by atoms with Crippen molar-refractivity contribution in [1.82, 2.24) is 9.78 Å². The van der Waals surface area contributed by atoms with E-state index in [0.29, 0.717) is 6.54 Å². The highest BCUT2D eigenvalue weighted by Gasteiger charge is 2.31. The first-order chi connectivity index (χ1) is 8.18. The van der Waals surface area contributed by atoms with Crippen molar-refractivity contribution in [3.63, 3.8) is 0 Å². The molecule has 2 aromatic rings. The van der Waals surface area contributed by atoms with Crippen molar-refractivity contribution in [2.45, 2.75) is 20.4 Å². The number of aromatic nitrogens is 2. The molecule has 3 nitrogen and oxygen atoms in total. The predicted octanol–water partition coefficient (Wildman–Crippen LogP) is 2.69. The summed E-state index contributed by atoms with van der Waals surface area (Å²) in [5.74, 6) is 0.290. The van der Waals surface area contributed by atoms with Crippen LogP contribution in [0.15, 0.2) is 30.3 Å². The maximum Gasteiger partial charge on any atom is 0.185 e. The summed E-state index contributed by atoms with van der Waals surface area (Å²) in [7, 11) is 0. The fourth-order valence-electron chi connectivity index (χ4n) is 2.44. The van der Waals surface area contributed by atoms with E-state index in [0.717, 1.165) is 22.5 Å². The lowest BCUT2D eigenvalue weighted by molar-refractivity contribution is 0.0945. The molecule has 0 saturated carbocycles. The molecule has 17 heavy (non-hydrogen) atoms. The van der Waals surface area contributed by atoms with Gasteiger partial charge in [-0.25, -0.2) is 0 Å². The van der Waals surface area contributed by atoms with Gasteiger partial charge in [0.15, 0.2) is 5.78 Å². The number of Topliss-reactive ketones (excluding diaryl/α,β-unsaturated/α-hetero) is 1. The average Bonchev–Trinajstić information content (AvgIpc) is 2.80. The molecule has 1 aliphatic heterocycles. The smallest absolute Gasteiger partial charge is 0.185 e. The lowest BCUT2D eigenvalue weighted by Crippen LogP contribution is -2.05. The van der Waals surface area contributed by atoms with E-state index in [9.17, 15) is 4.79 Å². The molecule has 0 amide bonds. The minimum Gasteiger partial charge on any atom is -0.292 e. The monoisotopic (exact) mass is 226 g/mol. The van der Waals surface area contributed by atoms with Crippen LogP contribution in [0.4, 0.5) is 0 Å². The summed E-state index contributed by atoms with van der Waals surface area (Å²) in [6, 6.07) is 10.0. The Kier molecular flexibility index (Phi) is 2.15. The molecule has 3 rings (SSSR count). The van der Waals surface area contributed by atoms with Crippen LogP contribution in [0.3, 0.4) is 0 Å². The molecule has 1 aliphatic rings. The fourth-order valence-corrected chi connectivity index (χ4v) is 2.44. The van der Waals surface area contributed by atoms with E-state index in [2.05, 4.69) is 5.10 Å². The first-order valence-electron chi connectivity index (χ1n) is 5.85. The van der Waals surface area contributed by atoms with Crippen LogP contribution in [0.25, 0.3) is 11.3 Å². The molecule has 0 spiro atoms. The van der Waals surface area contributed by atoms with Gasteiger partial charge in [-0.1, -0.05) is 37.3 Å². The van der Waals surface area contributed by atoms with Gasteiger partial charge in [-0.15, -0.1) is 0 Å². The van der Waals surface area contributed by atoms with Crippen LogP contribution in [0.5, 0.6) is 0 Å². The molecule has 1 atom stereocenters. The largest absolute Gasteiger partial charge is 0.292 e. The summed E-state index contributed by atoms with van der Waals surface area (Å²) in [5, 5.41) is 4.56. The minimum absolute atomic E-state index is 0.0704. The molecule has 1 aromatic carbocycles. The maximum absolute atomic E-state index is 12.0. The average molecular weight is 226 g/mol. The van der Waals surface area contributed by atoms with Gasteiger partial charge in [-0.2, -0.15) is 5.10 Å². The number of fused-ring (bicyclic) bond motifs is 1. The van der Waals surface area contributed by atoms with Gasteiger partial charge in [-0.05, 0) is 6.92 Å². The zero-order valence-corrected chi connectivity index (χ0v) is 9.97. The van der Waals surface area contributed by atoms with Gasteiger partial charge in [0.05, 0.1) is 12.2 Å². The number of carbonyl (C=O) groups excluding carboxylic acids is 1. The van der Waals surface area contributed by atoms with Gasteiger partial charge in [0.1, 0.15) is 5.69 Å². The highest BCUT2D eigenvalue weighted by Crippen LogP contribution is 2.30. The Morgan fingerprint density at radius 1 is 1.29 bits per heavy atom. The third kappa shape index (κ3) is 1.42. The maximum atomic E-state index is 12.0. The van der Waals surface area contributed by atoms with Crippen molar-refractivity contribution < 1.29 is 4.79 Å². The van der Waals surface area contributed by atoms with Crippen LogP contribution in [-0.2, 0) is 6.54 Å². The molecule has 0 saturated heterocycles. The highest BCUT2D eigenvalue weighted by molar-refractivity contribution is 6.00. The van der Waals surface area contributed by atoms with Crippen molar-refractivity contribution in [2.24, 2.45) is 5.92 Å². The number of ketones is 1. The van der Waals surface area contributed by atoms with E-state index < -0.39 is 0 Å². The van der Waals surface area contributed by atoms with Crippen molar-refractivity contribution in [2.75, 3.05) is 0 Å². The first-order valence-corrected chi connectivity index (χ1v) is 5.85. The zero-order valence-electron chi connectivity index (χ0n) is 9.97. The zero-order chi connectivity index (χ0) is 12.0. The number of hydrogen-bond acceptors (Lipinski definition) is 2. The summed E-state index contributed by atoms with van der Waals surface area (Å²) in [4.78, 5) is 12.0. The van der Waals surface area contributed by atoms with Crippen molar-refractivity contribution in [3.05, 3.63) is 41.6 Å². The second kappa shape index (κ2) is 3.55. The molecule has 0 N–H and O–H groups in total. The molecule has 0 radical (unpaired) electrons. The van der Waals surface area contributed by atoms with Gasteiger partial charge in [0.2, 0.25) is 0 Å². The van der Waals surface area contributed by atoms with Crippen molar-refractivity contribution in [1.29, 1.82) is 0 Å². The molecule has 3 heteroatoms. The van der Waals surface area contributed by atoms with Crippen molar-refractivity contribution in [3.8, 4) is 11.3 Å². The third-order valence-electron chi connectivity index (χ3n) is 3.36. The Hall–Kier alpha value is -1.90. The van der Waals surface area contributed by atoms with E-state index >= 15 is 0 Å². The number of carbonyl (C=O) groups is 1. The van der Waals surface area contributed by atoms with Crippen molar-refractivity contribution >= 4 is 5.78 Å². The predicted molar refractivity (Wildman–Crippen MR) is 65.9 cm³/mol. The van der Waals surface area contributed by atoms with Crippen LogP contribution in [0.2, 0.25) is 0 Å². The van der Waals surface area contributed by atoms with E-state index in [1.165, 1.54) is 0 Å². The summed E-state index contributed by atoms with van der Waals surface area (Å²) < 4.78 is 1.85. The van der Waals surface area contributed by atoms with E-state index in [4.69, 9.17) is 0 Å². The van der Waals surface area contributed by atoms with Gasteiger partial charge in [0, 0.05) is 17.0 Å². The number of rotatable bonds is 1. The SMILES string of the molecule is Cc1c(-c2ccccc2)nn2c1C(=O)C(C)C2. The van der Waals surface area contributed by atoms with Crippen LogP contribution in [-0.4, -0.2) is 15.6 Å². The normalized spacial score (nSPS) is 18.5. The first kappa shape index (κ1) is 10.3. The highest BCUT2D eigenvalue weighted by atomic mass is 16.1. The molecular formula is C14H14N2O. The molecular weight excluding hydrogens is 212 g/mol. The molecule has 1 aromatic heterocycles. The number of nitrogens with zero attached hydrogens (tertiary/aromatic N) is 2. The lowest BCUT2D eigenvalue weighted by Gasteiger charge is -2.01. The van der Waals surface area contributed by atoms with Crippen LogP contribution in [0.1, 0.15) is 23.0 Å². The molecule has 1 unspecified atom stereocenters. The Morgan fingerprint density at radius 3 is 2.65 bits per heavy atom. The third-order valence-corrected chi connectivity index (χ3v) is 3.36. The van der Waals surface area contributed by atoms with E-state index in [-0.39, 0.29) is 11.7 Å². The molecule has 2 heterocycles. The minimum atomic E-state index is 0.0704. The molecule has 0 bridgehead atoms. The van der Waals surface area contributed by atoms with Crippen LogP contribution >= 0.6 is 0 Å². The number of hydrogen-bond donors (Lipinski definition) is 0. The summed E-state index contributed by atoms with van der Waals surface area (Å²) in [6.07, 6.45) is 0. The van der Waals surface area contributed by atoms with E-state index in [1.54, 1.807) is 0 Å². The Bertz CT molecular complexity index is 584. The Labute approximate surface area is 100 Å².